The summed E-state index contributed by atoms with van der Waals surface area (Å²) < 4.78 is 0. The van der Waals surface area contributed by atoms with Gasteiger partial charge in [0.15, 0.2) is 0 Å². The third-order valence-corrected chi connectivity index (χ3v) is 2.42. The van der Waals surface area contributed by atoms with Crippen molar-refractivity contribution in [3.05, 3.63) is 48.6 Å². The van der Waals surface area contributed by atoms with E-state index in [1.54, 1.807) is 0 Å². The molecular weight excluding hydrogens is 172 g/mol. The molecule has 0 saturated heterocycles. The van der Waals surface area contributed by atoms with E-state index in [1.165, 1.54) is 19.3 Å². The molecule has 2 rings (SSSR count). The predicted molar refractivity (Wildman–Crippen MR) is 59.2 cm³/mol. The summed E-state index contributed by atoms with van der Waals surface area (Å²) in [5.74, 6) is 1.16. The van der Waals surface area contributed by atoms with Crippen molar-refractivity contribution in [1.29, 1.82) is 0 Å². The van der Waals surface area contributed by atoms with Crippen molar-refractivity contribution in [3.8, 4) is 0 Å². The quantitative estimate of drug-likeness (QED) is 0.680. The van der Waals surface area contributed by atoms with E-state index in [4.69, 9.17) is 0 Å². The van der Waals surface area contributed by atoms with Crippen LogP contribution in [0.2, 0.25) is 0 Å². The Morgan fingerprint density at radius 1 is 1.14 bits per heavy atom. The lowest BCUT2D eigenvalue weighted by Gasteiger charge is -2.21. The van der Waals surface area contributed by atoms with Crippen molar-refractivity contribution in [2.45, 2.75) is 19.3 Å². The summed E-state index contributed by atoms with van der Waals surface area (Å²) in [6, 6.07) is 0. The van der Waals surface area contributed by atoms with Crippen LogP contribution >= 0.6 is 0 Å². The topological polar surface area (TPSA) is 15.3 Å². The lowest BCUT2D eigenvalue weighted by Crippen LogP contribution is -2.24. The summed E-state index contributed by atoms with van der Waals surface area (Å²) in [6.45, 7) is 1.11. The smallest absolute Gasteiger partial charge is 0.109 e. The number of rotatable bonds is 1. The average Bonchev–Trinajstić information content (AvgIpc) is 2.62. The van der Waals surface area contributed by atoms with Crippen LogP contribution in [0.15, 0.2) is 48.6 Å². The molecule has 0 bridgehead atoms. The van der Waals surface area contributed by atoms with Crippen LogP contribution in [0.25, 0.3) is 0 Å². The monoisotopic (exact) mass is 188 g/mol. The van der Waals surface area contributed by atoms with Gasteiger partial charge < -0.3 is 10.2 Å². The average molecular weight is 188 g/mol. The fraction of sp³-hybridized carbons (Fsp3) is 0.333. The second kappa shape index (κ2) is 4.70. The summed E-state index contributed by atoms with van der Waals surface area (Å²) in [7, 11) is 0. The second-order valence-electron chi connectivity index (χ2n) is 3.51. The van der Waals surface area contributed by atoms with Gasteiger partial charge in [-0.1, -0.05) is 18.2 Å². The Labute approximate surface area is 85.3 Å². The number of allylic oxidation sites excluding steroid dienone is 5. The highest BCUT2D eigenvalue weighted by Crippen LogP contribution is 2.12. The Balaban J connectivity index is 2.08. The zero-order chi connectivity index (χ0) is 9.64. The first-order chi connectivity index (χ1) is 6.97. The van der Waals surface area contributed by atoms with Gasteiger partial charge in [0.25, 0.3) is 0 Å². The molecule has 0 unspecified atom stereocenters. The second-order valence-corrected chi connectivity index (χ2v) is 3.51. The molecular formula is C12H16N2. The fourth-order valence-corrected chi connectivity index (χ4v) is 1.65. The van der Waals surface area contributed by atoms with Crippen LogP contribution < -0.4 is 5.32 Å². The van der Waals surface area contributed by atoms with E-state index in [-0.39, 0.29) is 0 Å². The van der Waals surface area contributed by atoms with Gasteiger partial charge in [0.1, 0.15) is 5.82 Å². The van der Waals surface area contributed by atoms with Gasteiger partial charge in [0.2, 0.25) is 0 Å². The van der Waals surface area contributed by atoms with E-state index in [9.17, 15) is 0 Å². The minimum atomic E-state index is 1.11. The van der Waals surface area contributed by atoms with Gasteiger partial charge in [-0.05, 0) is 31.4 Å². The molecule has 2 heterocycles. The highest BCUT2D eigenvalue weighted by Gasteiger charge is 2.06. The van der Waals surface area contributed by atoms with Crippen LogP contribution in [-0.2, 0) is 0 Å². The van der Waals surface area contributed by atoms with Crippen LogP contribution in [0.1, 0.15) is 19.3 Å². The van der Waals surface area contributed by atoms with Crippen LogP contribution in [0.3, 0.4) is 0 Å². The van der Waals surface area contributed by atoms with Gasteiger partial charge in [-0.2, -0.15) is 0 Å². The normalized spacial score (nSPS) is 21.1. The first kappa shape index (κ1) is 9.13. The number of nitrogens with zero attached hydrogens (tertiary/aromatic N) is 1. The van der Waals surface area contributed by atoms with Gasteiger partial charge in [-0.25, -0.2) is 0 Å². The molecule has 0 spiro atoms. The standard InChI is InChI=1S/C12H16N2/c1-2-7-11-14(10-6-1)12-8-4-3-5-9-13-12/h3-6,8-10,13H,1-2,7,11H2. The number of nitrogens with one attached hydrogen (secondary N) is 1. The first-order valence-electron chi connectivity index (χ1n) is 5.20. The maximum absolute atomic E-state index is 3.27. The SMILES string of the molecule is C1=CC=C(N2C=CCCCC2)NC=C1. The Hall–Kier alpha value is -1.44. The molecule has 14 heavy (non-hydrogen) atoms. The van der Waals surface area contributed by atoms with E-state index in [1.807, 2.05) is 18.4 Å². The molecule has 0 fully saturated rings. The van der Waals surface area contributed by atoms with E-state index in [0.29, 0.717) is 0 Å². The van der Waals surface area contributed by atoms with Crippen LogP contribution in [-0.4, -0.2) is 11.4 Å². The van der Waals surface area contributed by atoms with Crippen LogP contribution in [0.4, 0.5) is 0 Å². The zero-order valence-electron chi connectivity index (χ0n) is 8.32. The molecule has 0 aliphatic carbocycles. The van der Waals surface area contributed by atoms with Crippen molar-refractivity contribution in [2.24, 2.45) is 0 Å². The molecule has 0 amide bonds. The summed E-state index contributed by atoms with van der Waals surface area (Å²) in [5.41, 5.74) is 0. The molecule has 2 heteroatoms. The maximum Gasteiger partial charge on any atom is 0.109 e. The van der Waals surface area contributed by atoms with Crippen molar-refractivity contribution in [1.82, 2.24) is 10.2 Å². The van der Waals surface area contributed by atoms with Crippen molar-refractivity contribution in [2.75, 3.05) is 6.54 Å². The Kier molecular flexibility index (Phi) is 3.06. The molecule has 2 nitrogen and oxygen atoms in total. The van der Waals surface area contributed by atoms with Gasteiger partial charge in [0.05, 0.1) is 0 Å². The third-order valence-electron chi connectivity index (χ3n) is 2.42. The van der Waals surface area contributed by atoms with Crippen molar-refractivity contribution < 1.29 is 0 Å². The third kappa shape index (κ3) is 2.28. The maximum atomic E-state index is 3.27. The van der Waals surface area contributed by atoms with E-state index < -0.39 is 0 Å². The zero-order valence-corrected chi connectivity index (χ0v) is 8.32. The molecule has 0 atom stereocenters. The van der Waals surface area contributed by atoms with Gasteiger partial charge in [0, 0.05) is 18.9 Å². The summed E-state index contributed by atoms with van der Waals surface area (Å²) in [4.78, 5) is 2.27. The molecule has 0 saturated carbocycles. The molecule has 0 radical (unpaired) electrons. The molecule has 0 aromatic heterocycles. The highest BCUT2D eigenvalue weighted by atomic mass is 15.2. The summed E-state index contributed by atoms with van der Waals surface area (Å²) in [5, 5.41) is 3.27. The minimum absolute atomic E-state index is 1.11. The van der Waals surface area contributed by atoms with Gasteiger partial charge in [-0.15, -0.1) is 0 Å². The Morgan fingerprint density at radius 2 is 2.14 bits per heavy atom. The van der Waals surface area contributed by atoms with Crippen LogP contribution in [0, 0.1) is 0 Å². The predicted octanol–water partition coefficient (Wildman–Crippen LogP) is 2.50. The van der Waals surface area contributed by atoms with Crippen LogP contribution in [0.5, 0.6) is 0 Å². The molecule has 2 aliphatic rings. The van der Waals surface area contributed by atoms with E-state index in [2.05, 4.69) is 34.6 Å². The summed E-state index contributed by atoms with van der Waals surface area (Å²) >= 11 is 0. The number of hydrogen-bond acceptors (Lipinski definition) is 2. The molecule has 2 aliphatic heterocycles. The van der Waals surface area contributed by atoms with Gasteiger partial charge in [-0.3, -0.25) is 0 Å². The largest absolute Gasteiger partial charge is 0.348 e. The lowest BCUT2D eigenvalue weighted by atomic mass is 10.2. The molecule has 0 aromatic carbocycles. The summed E-state index contributed by atoms with van der Waals surface area (Å²) in [6.07, 6.45) is 18.4. The molecule has 74 valence electrons. The Morgan fingerprint density at radius 3 is 3.14 bits per heavy atom. The lowest BCUT2D eigenvalue weighted by molar-refractivity contribution is 0.436. The van der Waals surface area contributed by atoms with E-state index in [0.717, 1.165) is 12.4 Å². The molecule has 0 aromatic rings. The molecule has 1 N–H and O–H groups in total. The van der Waals surface area contributed by atoms with Crippen molar-refractivity contribution in [3.63, 3.8) is 0 Å². The van der Waals surface area contributed by atoms with E-state index >= 15 is 0 Å². The number of hydrogen-bond donors (Lipinski definition) is 1. The first-order valence-corrected chi connectivity index (χ1v) is 5.20. The fourth-order valence-electron chi connectivity index (χ4n) is 1.65. The van der Waals surface area contributed by atoms with Crippen molar-refractivity contribution >= 4 is 0 Å². The highest BCUT2D eigenvalue weighted by molar-refractivity contribution is 5.21. The Bertz CT molecular complexity index is 297. The van der Waals surface area contributed by atoms with Gasteiger partial charge >= 0.3 is 0 Å². The minimum Gasteiger partial charge on any atom is -0.348 e.